The Morgan fingerprint density at radius 3 is 2.66 bits per heavy atom. The van der Waals surface area contributed by atoms with Gasteiger partial charge in [0.25, 0.3) is 0 Å². The van der Waals surface area contributed by atoms with Gasteiger partial charge in [-0.1, -0.05) is 31.9 Å². The first-order valence-corrected chi connectivity index (χ1v) is 12.8. The maximum Gasteiger partial charge on any atom is 0.222 e. The Morgan fingerprint density at radius 2 is 2.03 bits per heavy atom. The molecule has 0 aliphatic rings. The summed E-state index contributed by atoms with van der Waals surface area (Å²) in [4.78, 5) is 8.79. The third kappa shape index (κ3) is 7.68. The molecule has 1 heterocycles. The van der Waals surface area contributed by atoms with Crippen LogP contribution < -0.4 is 15.8 Å². The van der Waals surface area contributed by atoms with E-state index in [9.17, 15) is 8.42 Å². The van der Waals surface area contributed by atoms with Crippen LogP contribution >= 0.6 is 0 Å². The number of ether oxygens (including phenoxy) is 1. The third-order valence-electron chi connectivity index (χ3n) is 5.31. The summed E-state index contributed by atoms with van der Waals surface area (Å²) in [6.45, 7) is 3.98. The van der Waals surface area contributed by atoms with Crippen LogP contribution in [0.25, 0.3) is 0 Å². The third-order valence-corrected chi connectivity index (χ3v) is 6.29. The zero-order chi connectivity index (χ0) is 23.7. The molecular weight excluding hydrogens is 426 g/mol. The van der Waals surface area contributed by atoms with Gasteiger partial charge < -0.3 is 15.8 Å². The van der Waals surface area contributed by atoms with Crippen LogP contribution in [0.15, 0.2) is 18.2 Å². The van der Waals surface area contributed by atoms with Crippen LogP contribution in [0.5, 0.6) is 5.75 Å². The van der Waals surface area contributed by atoms with Crippen LogP contribution in [0.4, 0.5) is 11.8 Å². The summed E-state index contributed by atoms with van der Waals surface area (Å²) in [5.74, 6) is 1.59. The van der Waals surface area contributed by atoms with Crippen LogP contribution in [0, 0.1) is 18.3 Å². The topological polar surface area (TPSA) is 131 Å². The summed E-state index contributed by atoms with van der Waals surface area (Å²) >= 11 is 0. The molecule has 0 aliphatic heterocycles. The zero-order valence-corrected chi connectivity index (χ0v) is 20.1. The smallest absolute Gasteiger partial charge is 0.222 e. The lowest BCUT2D eigenvalue weighted by molar-refractivity contribution is 0.410. The molecule has 0 saturated carbocycles. The van der Waals surface area contributed by atoms with Crippen molar-refractivity contribution in [1.29, 1.82) is 5.26 Å². The largest absolute Gasteiger partial charge is 0.496 e. The number of methoxy groups -OCH3 is 1. The van der Waals surface area contributed by atoms with E-state index in [1.165, 1.54) is 6.26 Å². The van der Waals surface area contributed by atoms with Crippen LogP contribution in [-0.2, 0) is 22.7 Å². The Labute approximate surface area is 191 Å². The maximum atomic E-state index is 11.7. The minimum absolute atomic E-state index is 0.0519. The molecule has 0 radical (unpaired) electrons. The normalized spacial score (nSPS) is 12.2. The molecule has 1 aromatic heterocycles. The molecule has 1 atom stereocenters. The number of sulfone groups is 1. The lowest BCUT2D eigenvalue weighted by Crippen LogP contribution is -2.25. The molecule has 8 nitrogen and oxygen atoms in total. The molecule has 32 heavy (non-hydrogen) atoms. The predicted octanol–water partition coefficient (Wildman–Crippen LogP) is 3.44. The number of benzene rings is 1. The van der Waals surface area contributed by atoms with Gasteiger partial charge in [-0.2, -0.15) is 10.2 Å². The van der Waals surface area contributed by atoms with E-state index in [2.05, 4.69) is 28.3 Å². The number of aryl methyl sites for hydroxylation is 1. The molecule has 0 saturated heterocycles. The molecule has 0 spiro atoms. The van der Waals surface area contributed by atoms with Gasteiger partial charge in [-0.05, 0) is 37.0 Å². The first kappa shape index (κ1) is 25.4. The summed E-state index contributed by atoms with van der Waals surface area (Å²) in [7, 11) is -1.46. The average molecular weight is 460 g/mol. The van der Waals surface area contributed by atoms with Crippen molar-refractivity contribution in [2.24, 2.45) is 0 Å². The van der Waals surface area contributed by atoms with Crippen molar-refractivity contribution in [3.8, 4) is 11.8 Å². The summed E-state index contributed by atoms with van der Waals surface area (Å²) in [5, 5.41) is 12.5. The van der Waals surface area contributed by atoms with E-state index in [0.717, 1.165) is 41.6 Å². The van der Waals surface area contributed by atoms with Crippen LogP contribution in [0.1, 0.15) is 55.0 Å². The first-order valence-electron chi connectivity index (χ1n) is 10.8. The van der Waals surface area contributed by atoms with Crippen molar-refractivity contribution in [3.05, 3.63) is 40.6 Å². The second-order valence-electron chi connectivity index (χ2n) is 8.05. The zero-order valence-electron chi connectivity index (χ0n) is 19.3. The number of hydrogen-bond acceptors (Lipinski definition) is 8. The number of nitrogens with one attached hydrogen (secondary N) is 1. The van der Waals surface area contributed by atoms with Crippen molar-refractivity contribution in [1.82, 2.24) is 9.97 Å². The monoisotopic (exact) mass is 459 g/mol. The van der Waals surface area contributed by atoms with Crippen LogP contribution in [0.2, 0.25) is 0 Å². The van der Waals surface area contributed by atoms with Crippen LogP contribution in [0.3, 0.4) is 0 Å². The molecule has 9 heteroatoms. The van der Waals surface area contributed by atoms with Gasteiger partial charge in [-0.25, -0.2) is 13.4 Å². The van der Waals surface area contributed by atoms with Crippen molar-refractivity contribution in [3.63, 3.8) is 0 Å². The van der Waals surface area contributed by atoms with E-state index in [4.69, 9.17) is 15.7 Å². The Balaban J connectivity index is 2.41. The number of unbranched alkanes of at least 4 members (excludes halogenated alkanes) is 1. The number of aromatic nitrogens is 2. The number of nitriles is 1. The van der Waals surface area contributed by atoms with E-state index >= 15 is 0 Å². The Hall–Kier alpha value is -2.86. The molecule has 1 aromatic carbocycles. The Morgan fingerprint density at radius 1 is 1.28 bits per heavy atom. The highest BCUT2D eigenvalue weighted by Crippen LogP contribution is 2.28. The number of rotatable bonds is 12. The number of nitrogens with two attached hydrogens (primary N) is 1. The number of nitrogen functional groups attached to an aromatic ring is 1. The highest BCUT2D eigenvalue weighted by molar-refractivity contribution is 7.90. The summed E-state index contributed by atoms with van der Waals surface area (Å²) in [5.41, 5.74) is 9.37. The highest BCUT2D eigenvalue weighted by Gasteiger charge is 2.19. The molecule has 3 N–H and O–H groups in total. The Bertz CT molecular complexity index is 1060. The summed E-state index contributed by atoms with van der Waals surface area (Å²) in [6, 6.07) is 7.82. The van der Waals surface area contributed by atoms with E-state index in [1.807, 2.05) is 25.1 Å². The molecule has 0 amide bonds. The molecule has 0 fully saturated rings. The highest BCUT2D eigenvalue weighted by atomic mass is 32.2. The molecule has 1 unspecified atom stereocenters. The van der Waals surface area contributed by atoms with Gasteiger partial charge in [-0.15, -0.1) is 0 Å². The predicted molar refractivity (Wildman–Crippen MR) is 128 cm³/mol. The van der Waals surface area contributed by atoms with Crippen LogP contribution in [-0.4, -0.2) is 43.5 Å². The van der Waals surface area contributed by atoms with E-state index in [0.29, 0.717) is 30.8 Å². The van der Waals surface area contributed by atoms with Crippen molar-refractivity contribution >= 4 is 21.6 Å². The second-order valence-corrected chi connectivity index (χ2v) is 10.3. The Kier molecular flexibility index (Phi) is 9.27. The van der Waals surface area contributed by atoms with E-state index < -0.39 is 9.84 Å². The fraction of sp³-hybridized carbons (Fsp3) is 0.522. The fourth-order valence-electron chi connectivity index (χ4n) is 3.60. The summed E-state index contributed by atoms with van der Waals surface area (Å²) in [6.07, 6.45) is 5.35. The number of hydrogen-bond donors (Lipinski definition) is 2. The van der Waals surface area contributed by atoms with Gasteiger partial charge in [0.1, 0.15) is 21.4 Å². The lowest BCUT2D eigenvalue weighted by Gasteiger charge is -2.22. The quantitative estimate of drug-likeness (QED) is 0.493. The van der Waals surface area contributed by atoms with Gasteiger partial charge >= 0.3 is 0 Å². The molecule has 0 aliphatic carbocycles. The average Bonchev–Trinajstić information content (AvgIpc) is 2.72. The molecule has 2 rings (SSSR count). The standard InChI is InChI=1S/C23H33N5O3S/c1-5-6-7-19(11-13-32(4,29)30)27-22-20(16(2)26-23(25)28-22)15-18-14-17(10-12-24)8-9-21(18)31-3/h8-9,14,19H,5-7,10-11,13,15H2,1-4H3,(H3,25,26,27,28). The van der Waals surface area contributed by atoms with Crippen molar-refractivity contribution < 1.29 is 13.2 Å². The van der Waals surface area contributed by atoms with Crippen molar-refractivity contribution in [2.75, 3.05) is 30.2 Å². The number of anilines is 2. The maximum absolute atomic E-state index is 11.7. The molecule has 0 bridgehead atoms. The summed E-state index contributed by atoms with van der Waals surface area (Å²) < 4.78 is 29.0. The van der Waals surface area contributed by atoms with Gasteiger partial charge in [-0.3, -0.25) is 0 Å². The SMILES string of the molecule is CCCCC(CCS(C)(=O)=O)Nc1nc(N)nc(C)c1Cc1cc(CC#N)ccc1OC. The molecule has 174 valence electrons. The van der Waals surface area contributed by atoms with Gasteiger partial charge in [0.05, 0.1) is 25.4 Å². The fourth-order valence-corrected chi connectivity index (χ4v) is 4.31. The minimum atomic E-state index is -3.07. The van der Waals surface area contributed by atoms with Crippen molar-refractivity contribution in [2.45, 2.75) is 58.4 Å². The lowest BCUT2D eigenvalue weighted by atomic mass is 9.99. The molecule has 2 aromatic rings. The van der Waals surface area contributed by atoms with Gasteiger partial charge in [0, 0.05) is 30.0 Å². The number of nitrogens with zero attached hydrogens (tertiary/aromatic N) is 3. The first-order chi connectivity index (χ1) is 15.2. The van der Waals surface area contributed by atoms with Gasteiger partial charge in [0.2, 0.25) is 5.95 Å². The van der Waals surface area contributed by atoms with Gasteiger partial charge in [0.15, 0.2) is 0 Å². The van der Waals surface area contributed by atoms with E-state index in [-0.39, 0.29) is 17.7 Å². The molecular formula is C23H33N5O3S. The van der Waals surface area contributed by atoms with E-state index in [1.54, 1.807) is 7.11 Å². The second kappa shape index (κ2) is 11.7. The minimum Gasteiger partial charge on any atom is -0.496 e.